The summed E-state index contributed by atoms with van der Waals surface area (Å²) in [5.74, 6) is 1.14. The SMILES string of the molecule is O=[N+]([O-])c1ccccc1-c1ccc([C@H]2[C@@H](c3ccccn3)NC(=S)N2CCCN2CCOCC2)o1. The van der Waals surface area contributed by atoms with E-state index in [1.54, 1.807) is 30.5 Å². The van der Waals surface area contributed by atoms with Crippen molar-refractivity contribution >= 4 is 23.0 Å². The molecule has 2 fully saturated rings. The van der Waals surface area contributed by atoms with E-state index in [4.69, 9.17) is 21.4 Å². The highest BCUT2D eigenvalue weighted by Crippen LogP contribution is 2.41. The number of pyridine rings is 1. The van der Waals surface area contributed by atoms with Gasteiger partial charge in [0, 0.05) is 38.4 Å². The van der Waals surface area contributed by atoms with Crippen LogP contribution >= 0.6 is 12.2 Å². The molecule has 2 saturated heterocycles. The molecular weight excluding hydrogens is 466 g/mol. The number of thiocarbonyl (C=S) groups is 1. The summed E-state index contributed by atoms with van der Waals surface area (Å²) < 4.78 is 11.7. The minimum atomic E-state index is -0.390. The Morgan fingerprint density at radius 2 is 1.89 bits per heavy atom. The third kappa shape index (κ3) is 5.04. The minimum absolute atomic E-state index is 0.0112. The van der Waals surface area contributed by atoms with E-state index >= 15 is 0 Å². The van der Waals surface area contributed by atoms with E-state index in [2.05, 4.69) is 20.1 Å². The van der Waals surface area contributed by atoms with E-state index < -0.39 is 4.92 Å². The smallest absolute Gasteiger partial charge is 0.280 e. The second-order valence-corrected chi connectivity index (χ2v) is 8.99. The number of ether oxygens (including phenoxy) is 1. The van der Waals surface area contributed by atoms with Crippen molar-refractivity contribution < 1.29 is 14.1 Å². The number of furan rings is 1. The van der Waals surface area contributed by atoms with Crippen molar-refractivity contribution in [2.24, 2.45) is 0 Å². The lowest BCUT2D eigenvalue weighted by Crippen LogP contribution is -2.38. The quantitative estimate of drug-likeness (QED) is 0.284. The van der Waals surface area contributed by atoms with Crippen molar-refractivity contribution in [2.45, 2.75) is 18.5 Å². The molecule has 10 heteroatoms. The van der Waals surface area contributed by atoms with Crippen molar-refractivity contribution in [3.63, 3.8) is 0 Å². The van der Waals surface area contributed by atoms with Gasteiger partial charge in [-0.25, -0.2) is 0 Å². The number of benzene rings is 1. The summed E-state index contributed by atoms with van der Waals surface area (Å²) >= 11 is 5.74. The van der Waals surface area contributed by atoms with Crippen LogP contribution in [0.15, 0.2) is 65.2 Å². The fraction of sp³-hybridized carbons (Fsp3) is 0.360. The molecule has 1 aromatic carbocycles. The summed E-state index contributed by atoms with van der Waals surface area (Å²) in [5, 5.41) is 15.6. The van der Waals surface area contributed by atoms with Gasteiger partial charge in [-0.15, -0.1) is 0 Å². The van der Waals surface area contributed by atoms with Crippen LogP contribution in [0.3, 0.4) is 0 Å². The van der Waals surface area contributed by atoms with E-state index in [0.29, 0.717) is 22.2 Å². The number of rotatable bonds is 8. The van der Waals surface area contributed by atoms with E-state index in [-0.39, 0.29) is 17.8 Å². The van der Waals surface area contributed by atoms with Gasteiger partial charge in [0.05, 0.1) is 35.4 Å². The highest BCUT2D eigenvalue weighted by molar-refractivity contribution is 7.80. The van der Waals surface area contributed by atoms with E-state index in [1.165, 1.54) is 6.07 Å². The number of para-hydroxylation sites is 1. The van der Waals surface area contributed by atoms with Gasteiger partial charge in [-0.3, -0.25) is 20.0 Å². The first kappa shape index (κ1) is 23.4. The maximum Gasteiger partial charge on any atom is 0.280 e. The second kappa shape index (κ2) is 10.5. The van der Waals surface area contributed by atoms with E-state index in [0.717, 1.165) is 51.5 Å². The van der Waals surface area contributed by atoms with Crippen molar-refractivity contribution in [3.05, 3.63) is 82.4 Å². The molecule has 9 nitrogen and oxygen atoms in total. The summed E-state index contributed by atoms with van der Waals surface area (Å²) in [6.07, 6.45) is 2.70. The number of hydrogen-bond donors (Lipinski definition) is 1. The Hall–Kier alpha value is -3.34. The topological polar surface area (TPSA) is 96.9 Å². The van der Waals surface area contributed by atoms with E-state index in [9.17, 15) is 10.1 Å². The van der Waals surface area contributed by atoms with Crippen LogP contribution in [0.4, 0.5) is 5.69 Å². The first-order valence-electron chi connectivity index (χ1n) is 11.7. The molecule has 0 bridgehead atoms. The summed E-state index contributed by atoms with van der Waals surface area (Å²) in [6, 6.07) is 15.7. The molecule has 2 aliphatic heterocycles. The van der Waals surface area contributed by atoms with Crippen LogP contribution in [-0.4, -0.2) is 64.2 Å². The fourth-order valence-electron chi connectivity index (χ4n) is 4.74. The predicted octanol–water partition coefficient (Wildman–Crippen LogP) is 3.94. The molecule has 2 aromatic heterocycles. The number of aromatic nitrogens is 1. The molecule has 0 saturated carbocycles. The summed E-state index contributed by atoms with van der Waals surface area (Å²) in [4.78, 5) is 20.3. The molecule has 182 valence electrons. The van der Waals surface area contributed by atoms with Gasteiger partial charge in [0.15, 0.2) is 5.11 Å². The lowest BCUT2D eigenvalue weighted by molar-refractivity contribution is -0.384. The molecular formula is C25H27N5O4S. The Bertz CT molecular complexity index is 1180. The molecule has 0 spiro atoms. The zero-order valence-corrected chi connectivity index (χ0v) is 20.0. The first-order chi connectivity index (χ1) is 17.1. The number of nitro groups is 1. The van der Waals surface area contributed by atoms with Gasteiger partial charge in [-0.05, 0) is 49.0 Å². The average molecular weight is 494 g/mol. The van der Waals surface area contributed by atoms with Crippen LogP contribution in [0, 0.1) is 10.1 Å². The van der Waals surface area contributed by atoms with Crippen molar-refractivity contribution in [1.82, 2.24) is 20.1 Å². The van der Waals surface area contributed by atoms with Crippen LogP contribution in [-0.2, 0) is 4.74 Å². The Morgan fingerprint density at radius 1 is 1.09 bits per heavy atom. The van der Waals surface area contributed by atoms with Gasteiger partial charge in [0.25, 0.3) is 5.69 Å². The molecule has 0 unspecified atom stereocenters. The third-order valence-electron chi connectivity index (χ3n) is 6.46. The van der Waals surface area contributed by atoms with Crippen molar-refractivity contribution in [1.29, 1.82) is 0 Å². The summed E-state index contributed by atoms with van der Waals surface area (Å²) in [5.41, 5.74) is 1.32. The van der Waals surface area contributed by atoms with Crippen LogP contribution in [0.2, 0.25) is 0 Å². The van der Waals surface area contributed by atoms with Crippen LogP contribution in [0.1, 0.15) is 30.0 Å². The minimum Gasteiger partial charge on any atom is -0.459 e. The Morgan fingerprint density at radius 3 is 2.66 bits per heavy atom. The highest BCUT2D eigenvalue weighted by Gasteiger charge is 2.41. The standard InChI is InChI=1S/C25H27N5O4S/c31-30(32)20-8-2-1-6-18(20)21-9-10-22(34-21)24-23(19-7-3-4-11-26-19)27-25(35)29(24)13-5-12-28-14-16-33-17-15-28/h1-4,6-11,23-24H,5,12-17H2,(H,27,35)/t23-,24+/m1/s1. The average Bonchev–Trinajstić information content (AvgIpc) is 3.50. The Balaban J connectivity index is 1.42. The third-order valence-corrected chi connectivity index (χ3v) is 6.81. The Kier molecular flexibility index (Phi) is 7.03. The lowest BCUT2D eigenvalue weighted by atomic mass is 10.0. The van der Waals surface area contributed by atoms with Crippen LogP contribution < -0.4 is 5.32 Å². The normalized spacial score (nSPS) is 20.7. The van der Waals surface area contributed by atoms with Gasteiger partial charge in [0.1, 0.15) is 17.6 Å². The predicted molar refractivity (Wildman–Crippen MR) is 135 cm³/mol. The molecule has 3 aromatic rings. The molecule has 5 rings (SSSR count). The number of hydrogen-bond acceptors (Lipinski definition) is 7. The number of nitrogens with zero attached hydrogens (tertiary/aromatic N) is 4. The van der Waals surface area contributed by atoms with Gasteiger partial charge in [-0.1, -0.05) is 18.2 Å². The van der Waals surface area contributed by atoms with Crippen molar-refractivity contribution in [2.75, 3.05) is 39.4 Å². The maximum atomic E-state index is 11.5. The monoisotopic (exact) mass is 493 g/mol. The largest absolute Gasteiger partial charge is 0.459 e. The lowest BCUT2D eigenvalue weighted by Gasteiger charge is -2.29. The molecule has 35 heavy (non-hydrogen) atoms. The Labute approximate surface area is 208 Å². The fourth-order valence-corrected chi connectivity index (χ4v) is 5.07. The first-order valence-corrected chi connectivity index (χ1v) is 12.1. The second-order valence-electron chi connectivity index (χ2n) is 8.60. The van der Waals surface area contributed by atoms with Crippen LogP contribution in [0.5, 0.6) is 0 Å². The number of nitrogens with one attached hydrogen (secondary N) is 1. The molecule has 4 heterocycles. The maximum absolute atomic E-state index is 11.5. The molecule has 0 radical (unpaired) electrons. The number of morpholine rings is 1. The molecule has 2 aliphatic rings. The van der Waals surface area contributed by atoms with Gasteiger partial charge >= 0.3 is 0 Å². The van der Waals surface area contributed by atoms with Gasteiger partial charge in [0.2, 0.25) is 0 Å². The van der Waals surface area contributed by atoms with Gasteiger partial charge < -0.3 is 19.4 Å². The molecule has 0 amide bonds. The zero-order chi connectivity index (χ0) is 24.2. The number of nitro benzene ring substituents is 1. The zero-order valence-electron chi connectivity index (χ0n) is 19.2. The molecule has 2 atom stereocenters. The summed E-state index contributed by atoms with van der Waals surface area (Å²) in [6.45, 7) is 5.14. The highest BCUT2D eigenvalue weighted by atomic mass is 32.1. The van der Waals surface area contributed by atoms with Crippen molar-refractivity contribution in [3.8, 4) is 11.3 Å². The molecule has 0 aliphatic carbocycles. The summed E-state index contributed by atoms with van der Waals surface area (Å²) in [7, 11) is 0. The molecule has 1 N–H and O–H groups in total. The van der Waals surface area contributed by atoms with Crippen LogP contribution in [0.25, 0.3) is 11.3 Å². The van der Waals surface area contributed by atoms with E-state index in [1.807, 2.05) is 24.3 Å². The van der Waals surface area contributed by atoms with Gasteiger partial charge in [-0.2, -0.15) is 0 Å².